The lowest BCUT2D eigenvalue weighted by molar-refractivity contribution is -0.143. The molecule has 1 amide bonds. The number of esters is 1. The number of hydrogen-bond donors (Lipinski definition) is 2. The zero-order valence-electron chi connectivity index (χ0n) is 29.2. The monoisotopic (exact) mass is 622 g/mol. The zero-order chi connectivity index (χ0) is 34.4. The third-order valence-corrected chi connectivity index (χ3v) is 8.79. The van der Waals surface area contributed by atoms with E-state index >= 15 is 0 Å². The van der Waals surface area contributed by atoms with Gasteiger partial charge in [0.05, 0.1) is 36.2 Å². The number of nitrogens with zero attached hydrogens (tertiary/aromatic N) is 1. The average Bonchev–Trinajstić information content (AvgIpc) is 3.11. The van der Waals surface area contributed by atoms with Crippen LogP contribution in [0.25, 0.3) is 0 Å². The maximum absolute atomic E-state index is 13.0. The summed E-state index contributed by atoms with van der Waals surface area (Å²) in [6.45, 7) is 24.9. The Morgan fingerprint density at radius 2 is 1.93 bits per heavy atom. The summed E-state index contributed by atoms with van der Waals surface area (Å²) >= 11 is 0. The minimum absolute atomic E-state index is 0.0538. The highest BCUT2D eigenvalue weighted by molar-refractivity contribution is 6.53. The van der Waals surface area contributed by atoms with Crippen LogP contribution in [0.15, 0.2) is 53.7 Å². The molecule has 1 aliphatic rings. The van der Waals surface area contributed by atoms with E-state index in [1.165, 1.54) is 0 Å². The Hall–Kier alpha value is -3.35. The molecule has 248 valence electrons. The summed E-state index contributed by atoms with van der Waals surface area (Å²) < 4.78 is 16.6. The summed E-state index contributed by atoms with van der Waals surface area (Å²) in [5, 5.41) is 23.0. The van der Waals surface area contributed by atoms with Crippen molar-refractivity contribution in [2.24, 2.45) is 17.3 Å². The summed E-state index contributed by atoms with van der Waals surface area (Å²) in [6.07, 6.45) is 6.78. The van der Waals surface area contributed by atoms with Gasteiger partial charge in [-0.05, 0) is 99.9 Å². The van der Waals surface area contributed by atoms with Crippen LogP contribution in [0.1, 0.15) is 106 Å². The van der Waals surface area contributed by atoms with Gasteiger partial charge in [0.1, 0.15) is 0 Å². The second kappa shape index (κ2) is 18.6. The van der Waals surface area contributed by atoms with E-state index in [0.717, 1.165) is 29.7 Å². The molecule has 1 heterocycles. The number of nitriles is 1. The van der Waals surface area contributed by atoms with E-state index in [1.54, 1.807) is 18.2 Å². The van der Waals surface area contributed by atoms with Crippen molar-refractivity contribution >= 4 is 24.7 Å². The number of nitrogens with one attached hydrogen (secondary N) is 1. The van der Waals surface area contributed by atoms with Crippen LogP contribution in [0.3, 0.4) is 0 Å². The molecule has 2 rings (SSSR count). The van der Waals surface area contributed by atoms with Crippen molar-refractivity contribution in [3.8, 4) is 6.07 Å². The minimum atomic E-state index is -1.11. The quantitative estimate of drug-likeness (QED) is 0.131. The molecule has 0 aliphatic carbocycles. The maximum atomic E-state index is 13.0. The van der Waals surface area contributed by atoms with E-state index in [-0.39, 0.29) is 29.1 Å². The Morgan fingerprint density at radius 1 is 1.27 bits per heavy atom. The van der Waals surface area contributed by atoms with Crippen LogP contribution in [0.2, 0.25) is 0 Å². The molecule has 0 saturated carbocycles. The van der Waals surface area contributed by atoms with E-state index in [0.29, 0.717) is 49.2 Å². The molecule has 8 nitrogen and oxygen atoms in total. The minimum Gasteiger partial charge on any atom is -0.498 e. The molecule has 0 aromatic heterocycles. The van der Waals surface area contributed by atoms with E-state index < -0.39 is 12.7 Å². The Balaban J connectivity index is 0.00000111. The third-order valence-electron chi connectivity index (χ3n) is 8.79. The molecule has 0 spiro atoms. The lowest BCUT2D eigenvalue weighted by Gasteiger charge is -2.35. The van der Waals surface area contributed by atoms with Gasteiger partial charge in [-0.15, -0.1) is 0 Å². The van der Waals surface area contributed by atoms with Gasteiger partial charge in [-0.3, -0.25) is 9.59 Å². The number of anilines is 1. The van der Waals surface area contributed by atoms with Crippen LogP contribution >= 0.6 is 0 Å². The first-order valence-corrected chi connectivity index (χ1v) is 16.0. The van der Waals surface area contributed by atoms with Gasteiger partial charge < -0.3 is 24.5 Å². The molecule has 45 heavy (non-hydrogen) atoms. The molecular weight excluding hydrogens is 567 g/mol. The number of ether oxygens (including phenoxy) is 2. The highest BCUT2D eigenvalue weighted by Crippen LogP contribution is 2.43. The molecule has 0 bridgehead atoms. The molecule has 1 aromatic rings. The first kappa shape index (κ1) is 39.7. The average molecular weight is 623 g/mol. The van der Waals surface area contributed by atoms with Gasteiger partial charge >= 0.3 is 13.1 Å². The number of rotatable bonds is 13. The molecule has 2 unspecified atom stereocenters. The van der Waals surface area contributed by atoms with Crippen LogP contribution in [-0.2, 0) is 23.7 Å². The standard InChI is InChI=1S/C30H43BN2O4.C6H12O2/c1-10-26(31(35)37-29(7,8)20(2)3)17-25-18-30(9,13-14-36-23(25)6)22(5)15-28(34)33-27-16-24(19-32)12-11-21(27)4;1-3-5-6(7)8-4-2/h10-12,16-17,20,22,35H,1,13-15,18H2,2-9H3,(H,33,34);3-5H2,1-2H3/b26-17+;. The Bertz CT molecular complexity index is 1250. The zero-order valence-corrected chi connectivity index (χ0v) is 29.2. The van der Waals surface area contributed by atoms with Crippen LogP contribution < -0.4 is 5.32 Å². The van der Waals surface area contributed by atoms with Crippen molar-refractivity contribution in [1.29, 1.82) is 5.26 Å². The largest absolute Gasteiger partial charge is 0.498 e. The van der Waals surface area contributed by atoms with E-state index in [9.17, 15) is 19.9 Å². The summed E-state index contributed by atoms with van der Waals surface area (Å²) in [5.74, 6) is 0.908. The van der Waals surface area contributed by atoms with Crippen molar-refractivity contribution in [2.75, 3.05) is 18.5 Å². The summed E-state index contributed by atoms with van der Waals surface area (Å²) in [5.41, 5.74) is 2.92. The number of amides is 1. The maximum Gasteiger partial charge on any atom is 0.491 e. The lowest BCUT2D eigenvalue weighted by Crippen LogP contribution is -2.39. The van der Waals surface area contributed by atoms with Crippen LogP contribution in [-0.4, -0.2) is 42.8 Å². The molecule has 0 saturated heterocycles. The predicted molar refractivity (Wildman–Crippen MR) is 182 cm³/mol. The van der Waals surface area contributed by atoms with Crippen molar-refractivity contribution in [3.63, 3.8) is 0 Å². The predicted octanol–water partition coefficient (Wildman–Crippen LogP) is 7.86. The van der Waals surface area contributed by atoms with Gasteiger partial charge in [-0.1, -0.05) is 59.4 Å². The highest BCUT2D eigenvalue weighted by atomic mass is 16.5. The van der Waals surface area contributed by atoms with Crippen molar-refractivity contribution in [1.82, 2.24) is 0 Å². The first-order chi connectivity index (χ1) is 21.0. The summed E-state index contributed by atoms with van der Waals surface area (Å²) in [7, 11) is -1.11. The van der Waals surface area contributed by atoms with Gasteiger partial charge in [0.15, 0.2) is 0 Å². The van der Waals surface area contributed by atoms with Crippen LogP contribution in [0, 0.1) is 35.5 Å². The Kier molecular flexibility index (Phi) is 16.4. The molecule has 0 radical (unpaired) electrons. The molecule has 1 aromatic carbocycles. The molecular formula is C36H55BN2O6. The summed E-state index contributed by atoms with van der Waals surface area (Å²) in [4.78, 5) is 23.4. The van der Waals surface area contributed by atoms with Crippen molar-refractivity contribution in [2.45, 2.75) is 107 Å². The molecule has 9 heteroatoms. The smallest absolute Gasteiger partial charge is 0.491 e. The number of benzene rings is 1. The fourth-order valence-electron chi connectivity index (χ4n) is 4.66. The highest BCUT2D eigenvalue weighted by Gasteiger charge is 2.36. The Labute approximate surface area is 272 Å². The van der Waals surface area contributed by atoms with E-state index in [4.69, 9.17) is 9.39 Å². The van der Waals surface area contributed by atoms with Crippen LogP contribution in [0.5, 0.6) is 0 Å². The number of carbonyl (C=O) groups is 2. The van der Waals surface area contributed by atoms with Gasteiger partial charge in [-0.2, -0.15) is 5.26 Å². The molecule has 2 N–H and O–H groups in total. The fourth-order valence-corrected chi connectivity index (χ4v) is 4.66. The van der Waals surface area contributed by atoms with Gasteiger partial charge in [0, 0.05) is 18.5 Å². The number of allylic oxidation sites excluding steroid dienone is 5. The lowest BCUT2D eigenvalue weighted by atomic mass is 9.69. The van der Waals surface area contributed by atoms with Gasteiger partial charge in [0.25, 0.3) is 0 Å². The number of hydrogen-bond acceptors (Lipinski definition) is 7. The van der Waals surface area contributed by atoms with Gasteiger partial charge in [-0.25, -0.2) is 0 Å². The second-order valence-corrected chi connectivity index (χ2v) is 12.9. The fraction of sp³-hybridized carbons (Fsp3) is 0.583. The normalized spacial score (nSPS) is 17.6. The molecule has 0 fully saturated rings. The van der Waals surface area contributed by atoms with Gasteiger partial charge in [0.2, 0.25) is 5.91 Å². The SMILES string of the molecule is C=C/C(=C\C1=C(C)OCCC(C)(C(C)CC(=O)Nc2cc(C#N)ccc2C)C1)B(O)OC(C)(C)C(C)C.CCCC(=O)OCC. The second-order valence-electron chi connectivity index (χ2n) is 12.9. The van der Waals surface area contributed by atoms with Crippen molar-refractivity contribution in [3.05, 3.63) is 64.9 Å². The number of carbonyl (C=O) groups excluding carboxylic acids is 2. The number of aryl methyl sites for hydroxylation is 1. The third kappa shape index (κ3) is 12.9. The molecule has 1 aliphatic heterocycles. The van der Waals surface area contributed by atoms with Crippen molar-refractivity contribution < 1.29 is 28.7 Å². The van der Waals surface area contributed by atoms with E-state index in [2.05, 4.69) is 50.4 Å². The topological polar surface area (TPSA) is 118 Å². The first-order valence-electron chi connectivity index (χ1n) is 16.0. The Morgan fingerprint density at radius 3 is 2.49 bits per heavy atom. The van der Waals surface area contributed by atoms with E-state index in [1.807, 2.05) is 53.7 Å². The van der Waals surface area contributed by atoms with Crippen LogP contribution in [0.4, 0.5) is 5.69 Å². The molecule has 2 atom stereocenters. The summed E-state index contributed by atoms with van der Waals surface area (Å²) in [6, 6.07) is 7.41.